The summed E-state index contributed by atoms with van der Waals surface area (Å²) in [6, 6.07) is 12.8. The van der Waals surface area contributed by atoms with Crippen LogP contribution in [-0.4, -0.2) is 44.3 Å². The number of nitrogens with zero attached hydrogens (tertiary/aromatic N) is 3. The smallest absolute Gasteiger partial charge is 0.273 e. The number of fused-ring (bicyclic) bond motifs is 1. The minimum atomic E-state index is -0.487. The normalized spacial score (nSPS) is 14.4. The Morgan fingerprint density at radius 1 is 1.16 bits per heavy atom. The lowest BCUT2D eigenvalue weighted by atomic mass is 9.93. The number of rotatable bonds is 9. The molecule has 1 atom stereocenters. The fraction of sp³-hybridized carbons (Fsp3) is 0.233. The number of nitrogens with one attached hydrogen (secondary N) is 1. The van der Waals surface area contributed by atoms with Crippen molar-refractivity contribution in [3.05, 3.63) is 101 Å². The number of hydrogen-bond donors (Lipinski definition) is 2. The second-order valence-electron chi connectivity index (χ2n) is 9.27. The number of amides is 1. The van der Waals surface area contributed by atoms with Gasteiger partial charge in [-0.1, -0.05) is 30.9 Å². The highest BCUT2D eigenvalue weighted by Crippen LogP contribution is 2.47. The van der Waals surface area contributed by atoms with E-state index in [1.54, 1.807) is 23.4 Å². The van der Waals surface area contributed by atoms with Crippen LogP contribution >= 0.6 is 0 Å². The van der Waals surface area contributed by atoms with Crippen molar-refractivity contribution in [2.75, 3.05) is 13.2 Å². The number of phenolic OH excluding ortho intramolecular Hbond substituents is 1. The van der Waals surface area contributed by atoms with Crippen molar-refractivity contribution in [2.24, 2.45) is 0 Å². The van der Waals surface area contributed by atoms with E-state index in [2.05, 4.69) is 21.8 Å². The topological polar surface area (TPSA) is 101 Å². The molecule has 3 heterocycles. The maximum Gasteiger partial charge on any atom is 0.273 e. The Bertz CT molecular complexity index is 1500. The Hall–Kier alpha value is -4.59. The highest BCUT2D eigenvalue weighted by Gasteiger charge is 2.43. The van der Waals surface area contributed by atoms with Gasteiger partial charge < -0.3 is 19.5 Å². The Morgan fingerprint density at radius 2 is 2.00 bits per heavy atom. The summed E-state index contributed by atoms with van der Waals surface area (Å²) in [5.74, 6) is 1.14. The van der Waals surface area contributed by atoms with Gasteiger partial charge in [-0.15, -0.1) is 0 Å². The van der Waals surface area contributed by atoms with Crippen LogP contribution in [0.5, 0.6) is 17.2 Å². The van der Waals surface area contributed by atoms with E-state index in [0.29, 0.717) is 53.8 Å². The average molecular weight is 511 g/mol. The molecule has 8 heteroatoms. The van der Waals surface area contributed by atoms with E-state index >= 15 is 0 Å². The van der Waals surface area contributed by atoms with Crippen molar-refractivity contribution in [1.82, 2.24) is 20.1 Å². The van der Waals surface area contributed by atoms with Gasteiger partial charge in [-0.3, -0.25) is 14.9 Å². The SMILES string of the molecule is C=CCOc1ccc(C2c3c(-c4cc(C)cc(C)c4O)n[nH]c3C(=O)N2Cc2cccnc2)cc1OCC. The molecule has 0 bridgehead atoms. The first-order valence-electron chi connectivity index (χ1n) is 12.5. The minimum absolute atomic E-state index is 0.144. The monoisotopic (exact) mass is 510 g/mol. The summed E-state index contributed by atoms with van der Waals surface area (Å²) in [7, 11) is 0. The first-order valence-corrected chi connectivity index (χ1v) is 12.5. The lowest BCUT2D eigenvalue weighted by Gasteiger charge is -2.27. The number of phenols is 1. The lowest BCUT2D eigenvalue weighted by Crippen LogP contribution is -2.29. The van der Waals surface area contributed by atoms with E-state index in [4.69, 9.17) is 9.47 Å². The standard InChI is InChI=1S/C30H30N4O4/c1-5-12-38-23-10-9-21(15-24(23)37-6-2)28-25-26(22-14-18(3)13-19(4)29(22)35)32-33-27(25)30(36)34(28)17-20-8-7-11-31-16-20/h5,7-11,13-16,28,35H,1,6,12,17H2,2-4H3,(H,32,33). The van der Waals surface area contributed by atoms with Gasteiger partial charge in [0.2, 0.25) is 0 Å². The fourth-order valence-corrected chi connectivity index (χ4v) is 4.97. The third-order valence-corrected chi connectivity index (χ3v) is 6.58. The molecule has 194 valence electrons. The van der Waals surface area contributed by atoms with E-state index in [9.17, 15) is 9.90 Å². The molecule has 1 aliphatic rings. The number of aryl methyl sites for hydroxylation is 2. The second-order valence-corrected chi connectivity index (χ2v) is 9.27. The molecule has 1 amide bonds. The number of pyridine rings is 1. The largest absolute Gasteiger partial charge is 0.507 e. The first kappa shape index (κ1) is 25.1. The van der Waals surface area contributed by atoms with Crippen LogP contribution in [-0.2, 0) is 6.54 Å². The lowest BCUT2D eigenvalue weighted by molar-refractivity contribution is 0.0729. The van der Waals surface area contributed by atoms with Crippen LogP contribution in [0.4, 0.5) is 0 Å². The maximum atomic E-state index is 13.8. The van der Waals surface area contributed by atoms with Gasteiger partial charge in [0.05, 0.1) is 12.6 Å². The van der Waals surface area contributed by atoms with Gasteiger partial charge >= 0.3 is 0 Å². The maximum absolute atomic E-state index is 13.8. The zero-order valence-electron chi connectivity index (χ0n) is 21.7. The third-order valence-electron chi connectivity index (χ3n) is 6.58. The quantitative estimate of drug-likeness (QED) is 0.288. The van der Waals surface area contributed by atoms with Gasteiger partial charge in [0.15, 0.2) is 11.5 Å². The van der Waals surface area contributed by atoms with Crippen LogP contribution in [0.15, 0.2) is 67.5 Å². The molecular weight excluding hydrogens is 480 g/mol. The van der Waals surface area contributed by atoms with Gasteiger partial charge in [-0.25, -0.2) is 0 Å². The van der Waals surface area contributed by atoms with Crippen molar-refractivity contribution >= 4 is 5.91 Å². The number of ether oxygens (including phenoxy) is 2. The number of aromatic hydroxyl groups is 1. The summed E-state index contributed by atoms with van der Waals surface area (Å²) in [4.78, 5) is 19.8. The number of carbonyl (C=O) groups excluding carboxylic acids is 1. The molecule has 0 saturated carbocycles. The molecule has 1 unspecified atom stereocenters. The summed E-state index contributed by atoms with van der Waals surface area (Å²) in [6.45, 7) is 10.6. The minimum Gasteiger partial charge on any atom is -0.507 e. The first-order chi connectivity index (χ1) is 18.4. The van der Waals surface area contributed by atoms with Gasteiger partial charge in [-0.05, 0) is 67.3 Å². The fourth-order valence-electron chi connectivity index (χ4n) is 4.97. The van der Waals surface area contributed by atoms with Gasteiger partial charge in [0, 0.05) is 30.1 Å². The molecule has 0 saturated heterocycles. The molecule has 2 N–H and O–H groups in total. The highest BCUT2D eigenvalue weighted by molar-refractivity contribution is 6.00. The summed E-state index contributed by atoms with van der Waals surface area (Å²) in [5.41, 5.74) is 5.70. The Kier molecular flexibility index (Phi) is 6.87. The summed E-state index contributed by atoms with van der Waals surface area (Å²) in [6.07, 6.45) is 5.13. The summed E-state index contributed by atoms with van der Waals surface area (Å²) >= 11 is 0. The van der Waals surface area contributed by atoms with Crippen LogP contribution in [0.3, 0.4) is 0 Å². The molecule has 2 aromatic carbocycles. The molecule has 38 heavy (non-hydrogen) atoms. The van der Waals surface area contributed by atoms with Crippen molar-refractivity contribution in [2.45, 2.75) is 33.4 Å². The summed E-state index contributed by atoms with van der Waals surface area (Å²) in [5, 5.41) is 18.5. The molecule has 0 aliphatic carbocycles. The predicted molar refractivity (Wildman–Crippen MR) is 144 cm³/mol. The average Bonchev–Trinajstić information content (AvgIpc) is 3.45. The molecule has 5 rings (SSSR count). The number of aromatic nitrogens is 3. The predicted octanol–water partition coefficient (Wildman–Crippen LogP) is 5.50. The Balaban J connectivity index is 1.68. The van der Waals surface area contributed by atoms with Crippen molar-refractivity contribution < 1.29 is 19.4 Å². The Labute approximate surface area is 221 Å². The van der Waals surface area contributed by atoms with Gasteiger partial charge in [0.1, 0.15) is 23.7 Å². The van der Waals surface area contributed by atoms with Crippen LogP contribution in [0, 0.1) is 13.8 Å². The van der Waals surface area contributed by atoms with E-state index in [0.717, 1.165) is 22.3 Å². The van der Waals surface area contributed by atoms with Crippen molar-refractivity contribution in [3.63, 3.8) is 0 Å². The molecule has 0 fully saturated rings. The third kappa shape index (κ3) is 4.49. The van der Waals surface area contributed by atoms with Crippen LogP contribution in [0.1, 0.15) is 51.3 Å². The van der Waals surface area contributed by atoms with E-state index in [-0.39, 0.29) is 11.7 Å². The molecule has 0 spiro atoms. The number of hydrogen-bond acceptors (Lipinski definition) is 6. The highest BCUT2D eigenvalue weighted by atomic mass is 16.5. The van der Waals surface area contributed by atoms with E-state index in [1.807, 2.05) is 63.2 Å². The van der Waals surface area contributed by atoms with Crippen LogP contribution in [0.25, 0.3) is 11.3 Å². The Morgan fingerprint density at radius 3 is 2.74 bits per heavy atom. The molecule has 4 aromatic rings. The molecule has 2 aromatic heterocycles. The molecular formula is C30H30N4O4. The molecule has 0 radical (unpaired) electrons. The molecule has 1 aliphatic heterocycles. The van der Waals surface area contributed by atoms with Gasteiger partial charge in [0.25, 0.3) is 5.91 Å². The van der Waals surface area contributed by atoms with E-state index < -0.39 is 6.04 Å². The van der Waals surface area contributed by atoms with Crippen molar-refractivity contribution in [3.8, 4) is 28.5 Å². The molecule has 8 nitrogen and oxygen atoms in total. The van der Waals surface area contributed by atoms with Crippen LogP contribution < -0.4 is 9.47 Å². The number of aromatic amines is 1. The number of carbonyl (C=O) groups is 1. The number of H-pyrrole nitrogens is 1. The van der Waals surface area contributed by atoms with Crippen molar-refractivity contribution in [1.29, 1.82) is 0 Å². The zero-order valence-corrected chi connectivity index (χ0v) is 21.7. The zero-order chi connectivity index (χ0) is 26.8. The van der Waals surface area contributed by atoms with Gasteiger partial charge in [-0.2, -0.15) is 5.10 Å². The summed E-state index contributed by atoms with van der Waals surface area (Å²) < 4.78 is 11.7. The number of benzene rings is 2. The van der Waals surface area contributed by atoms with Crippen LogP contribution in [0.2, 0.25) is 0 Å². The second kappa shape index (κ2) is 10.4. The van der Waals surface area contributed by atoms with E-state index in [1.165, 1.54) is 0 Å².